The maximum Gasteiger partial charge on any atom is 0.234 e. The molecule has 2 aliphatic rings. The number of aliphatic imine (C=N–C) groups is 1. The minimum Gasteiger partial charge on any atom is -0.497 e. The van der Waals surface area contributed by atoms with Gasteiger partial charge in [-0.2, -0.15) is 0 Å². The second-order valence-electron chi connectivity index (χ2n) is 7.16. The standard InChI is InChI=1S/C19H26N4O2S/c1-10-17(24)23(4)18(21)22-19(10,3)16-9-15(11(2)26-16)12-6-13(20)8-14(7-12)25-5/h6-11,15H,20H2,1-5H3,(H2,21,22)/t10-,11?,15?,19-/m0/s1. The van der Waals surface area contributed by atoms with Gasteiger partial charge < -0.3 is 16.2 Å². The molecule has 140 valence electrons. The molecular formula is C19H26N4O2S. The Hall–Kier alpha value is -2.15. The van der Waals surface area contributed by atoms with E-state index in [4.69, 9.17) is 16.2 Å². The van der Waals surface area contributed by atoms with Gasteiger partial charge in [0.1, 0.15) is 11.3 Å². The van der Waals surface area contributed by atoms with E-state index < -0.39 is 5.54 Å². The molecular weight excluding hydrogens is 348 g/mol. The number of thioether (sulfide) groups is 1. The molecule has 0 saturated heterocycles. The third-order valence-electron chi connectivity index (χ3n) is 5.45. The van der Waals surface area contributed by atoms with Crippen LogP contribution in [0.5, 0.6) is 5.75 Å². The van der Waals surface area contributed by atoms with Crippen LogP contribution in [-0.4, -0.2) is 41.7 Å². The first-order valence-electron chi connectivity index (χ1n) is 8.63. The zero-order chi connectivity index (χ0) is 19.2. The number of rotatable bonds is 3. The Balaban J connectivity index is 2.01. The highest BCUT2D eigenvalue weighted by Gasteiger charge is 2.47. The zero-order valence-corrected chi connectivity index (χ0v) is 16.6. The summed E-state index contributed by atoms with van der Waals surface area (Å²) in [7, 11) is 3.30. The van der Waals surface area contributed by atoms with Gasteiger partial charge in [-0.15, -0.1) is 11.8 Å². The molecule has 3 rings (SSSR count). The van der Waals surface area contributed by atoms with Crippen molar-refractivity contribution in [2.24, 2.45) is 16.6 Å². The molecule has 1 aromatic carbocycles. The van der Waals surface area contributed by atoms with Gasteiger partial charge in [0.25, 0.3) is 0 Å². The van der Waals surface area contributed by atoms with Crippen molar-refractivity contribution < 1.29 is 9.53 Å². The molecule has 0 spiro atoms. The van der Waals surface area contributed by atoms with Gasteiger partial charge in [0.2, 0.25) is 5.91 Å². The first-order chi connectivity index (χ1) is 12.2. The van der Waals surface area contributed by atoms with Crippen LogP contribution < -0.4 is 16.2 Å². The number of amides is 1. The topological polar surface area (TPSA) is 93.9 Å². The number of nitrogens with two attached hydrogens (primary N) is 2. The lowest BCUT2D eigenvalue weighted by molar-refractivity contribution is -0.132. The number of nitrogens with zero attached hydrogens (tertiary/aromatic N) is 2. The largest absolute Gasteiger partial charge is 0.497 e. The molecule has 2 unspecified atom stereocenters. The van der Waals surface area contributed by atoms with Crippen LogP contribution in [0.25, 0.3) is 0 Å². The second-order valence-corrected chi connectivity index (χ2v) is 8.57. The molecule has 0 aromatic heterocycles. The van der Waals surface area contributed by atoms with Gasteiger partial charge >= 0.3 is 0 Å². The van der Waals surface area contributed by atoms with Crippen molar-refractivity contribution >= 4 is 29.3 Å². The average molecular weight is 375 g/mol. The molecule has 4 N–H and O–H groups in total. The molecule has 1 aromatic rings. The number of allylic oxidation sites excluding steroid dienone is 1. The van der Waals surface area contributed by atoms with Crippen LogP contribution in [-0.2, 0) is 4.79 Å². The maximum absolute atomic E-state index is 12.6. The number of anilines is 1. The van der Waals surface area contributed by atoms with E-state index in [1.165, 1.54) is 4.90 Å². The number of guanidine groups is 1. The fraction of sp³-hybridized carbons (Fsp3) is 0.474. The average Bonchev–Trinajstić information content (AvgIpc) is 3.00. The lowest BCUT2D eigenvalue weighted by Gasteiger charge is -2.39. The van der Waals surface area contributed by atoms with Gasteiger partial charge in [-0.05, 0) is 24.6 Å². The van der Waals surface area contributed by atoms with E-state index in [9.17, 15) is 4.79 Å². The van der Waals surface area contributed by atoms with Crippen LogP contribution in [0.15, 0.2) is 34.2 Å². The number of hydrogen-bond donors (Lipinski definition) is 2. The molecule has 2 heterocycles. The number of methoxy groups -OCH3 is 1. The molecule has 0 radical (unpaired) electrons. The Labute approximate surface area is 158 Å². The minimum absolute atomic E-state index is 0.0109. The summed E-state index contributed by atoms with van der Waals surface area (Å²) in [5.41, 5.74) is 13.2. The fourth-order valence-electron chi connectivity index (χ4n) is 3.55. The van der Waals surface area contributed by atoms with E-state index in [-0.39, 0.29) is 23.7 Å². The van der Waals surface area contributed by atoms with Crippen molar-refractivity contribution in [1.82, 2.24) is 4.90 Å². The lowest BCUT2D eigenvalue weighted by atomic mass is 9.83. The highest BCUT2D eigenvalue weighted by molar-refractivity contribution is 8.04. The Morgan fingerprint density at radius 1 is 1.27 bits per heavy atom. The van der Waals surface area contributed by atoms with Crippen LogP contribution in [0.1, 0.15) is 32.3 Å². The molecule has 0 saturated carbocycles. The first-order valence-corrected chi connectivity index (χ1v) is 9.51. The van der Waals surface area contributed by atoms with Crippen molar-refractivity contribution in [1.29, 1.82) is 0 Å². The predicted molar refractivity (Wildman–Crippen MR) is 107 cm³/mol. The van der Waals surface area contributed by atoms with Crippen molar-refractivity contribution in [3.8, 4) is 5.75 Å². The van der Waals surface area contributed by atoms with Gasteiger partial charge in [-0.1, -0.05) is 19.9 Å². The van der Waals surface area contributed by atoms with E-state index in [1.54, 1.807) is 25.9 Å². The van der Waals surface area contributed by atoms with Crippen LogP contribution in [0, 0.1) is 5.92 Å². The zero-order valence-electron chi connectivity index (χ0n) is 15.8. The summed E-state index contributed by atoms with van der Waals surface area (Å²) in [6, 6.07) is 5.80. The van der Waals surface area contributed by atoms with Crippen molar-refractivity contribution in [2.45, 2.75) is 37.5 Å². The van der Waals surface area contributed by atoms with E-state index in [0.717, 1.165) is 16.2 Å². The van der Waals surface area contributed by atoms with Crippen molar-refractivity contribution in [3.63, 3.8) is 0 Å². The van der Waals surface area contributed by atoms with Crippen molar-refractivity contribution in [3.05, 3.63) is 34.7 Å². The summed E-state index contributed by atoms with van der Waals surface area (Å²) in [5.74, 6) is 0.889. The molecule has 2 aliphatic heterocycles. The first kappa shape index (κ1) is 18.6. The Bertz CT molecular complexity index is 807. The summed E-state index contributed by atoms with van der Waals surface area (Å²) in [4.78, 5) is 19.8. The molecule has 7 heteroatoms. The summed E-state index contributed by atoms with van der Waals surface area (Å²) in [5, 5.41) is 0.298. The molecule has 0 aliphatic carbocycles. The lowest BCUT2D eigenvalue weighted by Crippen LogP contribution is -2.54. The van der Waals surface area contributed by atoms with E-state index in [1.807, 2.05) is 32.0 Å². The monoisotopic (exact) mass is 374 g/mol. The number of hydrogen-bond acceptors (Lipinski definition) is 6. The third kappa shape index (κ3) is 2.94. The summed E-state index contributed by atoms with van der Waals surface area (Å²) in [6.45, 7) is 6.08. The normalized spacial score (nSPS) is 31.7. The summed E-state index contributed by atoms with van der Waals surface area (Å²) >= 11 is 1.75. The number of ether oxygens (including phenoxy) is 1. The van der Waals surface area contributed by atoms with Gasteiger partial charge in [0, 0.05) is 34.9 Å². The maximum atomic E-state index is 12.6. The summed E-state index contributed by atoms with van der Waals surface area (Å²) < 4.78 is 5.35. The molecule has 1 amide bonds. The van der Waals surface area contributed by atoms with Crippen LogP contribution in [0.4, 0.5) is 5.69 Å². The van der Waals surface area contributed by atoms with Gasteiger partial charge in [-0.25, -0.2) is 4.99 Å². The van der Waals surface area contributed by atoms with Gasteiger partial charge in [0.05, 0.1) is 13.0 Å². The summed E-state index contributed by atoms with van der Waals surface area (Å²) in [6.07, 6.45) is 2.20. The van der Waals surface area contributed by atoms with E-state index >= 15 is 0 Å². The Kier molecular flexibility index (Phi) is 4.69. The van der Waals surface area contributed by atoms with Gasteiger partial charge in [-0.3, -0.25) is 9.69 Å². The van der Waals surface area contributed by atoms with E-state index in [2.05, 4.69) is 18.0 Å². The SMILES string of the molecule is COc1cc(N)cc(C2C=C([C@@]3(C)N=C(N)N(C)C(=O)[C@@H]3C)SC2C)c1. The van der Waals surface area contributed by atoms with Crippen LogP contribution in [0.2, 0.25) is 0 Å². The second kappa shape index (κ2) is 6.54. The quantitative estimate of drug-likeness (QED) is 0.793. The molecule has 6 nitrogen and oxygen atoms in total. The van der Waals surface area contributed by atoms with Crippen LogP contribution in [0.3, 0.4) is 0 Å². The molecule has 0 fully saturated rings. The number of nitrogen functional groups attached to an aromatic ring is 1. The fourth-order valence-corrected chi connectivity index (χ4v) is 5.01. The van der Waals surface area contributed by atoms with E-state index in [0.29, 0.717) is 10.9 Å². The highest BCUT2D eigenvalue weighted by atomic mass is 32.2. The molecule has 26 heavy (non-hydrogen) atoms. The smallest absolute Gasteiger partial charge is 0.234 e. The highest BCUT2D eigenvalue weighted by Crippen LogP contribution is 2.51. The minimum atomic E-state index is -0.647. The molecule has 4 atom stereocenters. The Morgan fingerprint density at radius 2 is 1.96 bits per heavy atom. The number of benzene rings is 1. The van der Waals surface area contributed by atoms with Crippen molar-refractivity contribution in [2.75, 3.05) is 19.9 Å². The number of carbonyl (C=O) groups is 1. The number of carbonyl (C=O) groups excluding carboxylic acids is 1. The third-order valence-corrected chi connectivity index (χ3v) is 6.92. The van der Waals surface area contributed by atoms with Crippen LogP contribution >= 0.6 is 11.8 Å². The van der Waals surface area contributed by atoms with Gasteiger partial charge in [0.15, 0.2) is 5.96 Å². The Morgan fingerprint density at radius 3 is 2.62 bits per heavy atom. The predicted octanol–water partition coefficient (Wildman–Crippen LogP) is 2.56. The molecule has 0 bridgehead atoms.